The molecule has 24 heavy (non-hydrogen) atoms. The average molecular weight is 331 g/mol. The highest BCUT2D eigenvalue weighted by molar-refractivity contribution is 5.80. The number of halogens is 2. The molecule has 124 valence electrons. The van der Waals surface area contributed by atoms with E-state index in [0.29, 0.717) is 24.0 Å². The first-order chi connectivity index (χ1) is 11.5. The minimum atomic E-state index is -0.468. The zero-order valence-corrected chi connectivity index (χ0v) is 12.7. The molecule has 3 aromatic rings. The Labute approximate surface area is 135 Å². The van der Waals surface area contributed by atoms with Crippen molar-refractivity contribution in [2.75, 3.05) is 6.54 Å². The number of hydrogen-bond acceptors (Lipinski definition) is 2. The molecular formula is C17H15F2N3O2. The van der Waals surface area contributed by atoms with Crippen LogP contribution in [0.2, 0.25) is 0 Å². The standard InChI is InChI=1S/C17H15F2N3O2/c18-12-3-1-11(2-4-12)7-8-20-16(23)10-22-15-6-5-13(19)9-14(15)21-17(22)24/h1-6,9H,7-8,10H2,(H,20,23)(H,21,24). The van der Waals surface area contributed by atoms with Gasteiger partial charge in [0.15, 0.2) is 0 Å². The molecule has 3 rings (SSSR count). The summed E-state index contributed by atoms with van der Waals surface area (Å²) in [5, 5.41) is 2.71. The quantitative estimate of drug-likeness (QED) is 0.751. The Hall–Kier alpha value is -2.96. The molecule has 0 saturated carbocycles. The van der Waals surface area contributed by atoms with Crippen molar-refractivity contribution in [3.8, 4) is 0 Å². The van der Waals surface area contributed by atoms with Gasteiger partial charge in [0, 0.05) is 6.54 Å². The highest BCUT2D eigenvalue weighted by Crippen LogP contribution is 2.11. The lowest BCUT2D eigenvalue weighted by Gasteiger charge is -2.06. The van der Waals surface area contributed by atoms with Gasteiger partial charge in [-0.3, -0.25) is 9.36 Å². The highest BCUT2D eigenvalue weighted by atomic mass is 19.1. The van der Waals surface area contributed by atoms with Crippen molar-refractivity contribution in [2.45, 2.75) is 13.0 Å². The van der Waals surface area contributed by atoms with Crippen molar-refractivity contribution in [1.29, 1.82) is 0 Å². The zero-order chi connectivity index (χ0) is 17.1. The van der Waals surface area contributed by atoms with E-state index in [1.165, 1.54) is 34.9 Å². The number of benzene rings is 2. The number of fused-ring (bicyclic) bond motifs is 1. The summed E-state index contributed by atoms with van der Waals surface area (Å²) < 4.78 is 27.2. The first kappa shape index (κ1) is 15.9. The molecule has 5 nitrogen and oxygen atoms in total. The summed E-state index contributed by atoms with van der Waals surface area (Å²) >= 11 is 0. The van der Waals surface area contributed by atoms with Crippen LogP contribution in [-0.4, -0.2) is 22.0 Å². The summed E-state index contributed by atoms with van der Waals surface area (Å²) in [6.45, 7) is 0.212. The molecule has 2 N–H and O–H groups in total. The number of rotatable bonds is 5. The SMILES string of the molecule is O=C(Cn1c(=O)[nH]c2cc(F)ccc21)NCCc1ccc(F)cc1. The summed E-state index contributed by atoms with van der Waals surface area (Å²) in [5.74, 6) is -1.10. The van der Waals surface area contributed by atoms with Gasteiger partial charge in [-0.25, -0.2) is 13.6 Å². The van der Waals surface area contributed by atoms with E-state index in [4.69, 9.17) is 0 Å². The Morgan fingerprint density at radius 3 is 2.54 bits per heavy atom. The number of H-pyrrole nitrogens is 1. The van der Waals surface area contributed by atoms with Gasteiger partial charge in [0.1, 0.15) is 18.2 Å². The third kappa shape index (κ3) is 3.51. The van der Waals surface area contributed by atoms with Gasteiger partial charge in [-0.1, -0.05) is 12.1 Å². The van der Waals surface area contributed by atoms with Crippen molar-refractivity contribution < 1.29 is 13.6 Å². The van der Waals surface area contributed by atoms with Crippen molar-refractivity contribution in [2.24, 2.45) is 0 Å². The molecule has 0 aliphatic carbocycles. The van der Waals surface area contributed by atoms with Gasteiger partial charge in [-0.2, -0.15) is 0 Å². The van der Waals surface area contributed by atoms with E-state index < -0.39 is 11.5 Å². The average Bonchev–Trinajstić information content (AvgIpc) is 2.84. The number of amides is 1. The van der Waals surface area contributed by atoms with Gasteiger partial charge in [0.2, 0.25) is 5.91 Å². The molecule has 0 bridgehead atoms. The second-order valence-electron chi connectivity index (χ2n) is 5.40. The second kappa shape index (κ2) is 6.66. The topological polar surface area (TPSA) is 66.9 Å². The molecule has 0 aliphatic heterocycles. The number of imidazole rings is 1. The number of aromatic nitrogens is 2. The van der Waals surface area contributed by atoms with Crippen LogP contribution in [0.3, 0.4) is 0 Å². The highest BCUT2D eigenvalue weighted by Gasteiger charge is 2.11. The summed E-state index contributed by atoms with van der Waals surface area (Å²) in [5.41, 5.74) is 1.25. The Morgan fingerprint density at radius 2 is 1.79 bits per heavy atom. The van der Waals surface area contributed by atoms with Crippen LogP contribution in [0.15, 0.2) is 47.3 Å². The monoisotopic (exact) mass is 331 g/mol. The molecule has 0 radical (unpaired) electrons. The third-order valence-electron chi connectivity index (χ3n) is 3.69. The van der Waals surface area contributed by atoms with Gasteiger partial charge in [-0.15, -0.1) is 0 Å². The van der Waals surface area contributed by atoms with E-state index in [2.05, 4.69) is 10.3 Å². The lowest BCUT2D eigenvalue weighted by atomic mass is 10.1. The Balaban J connectivity index is 1.62. The minimum Gasteiger partial charge on any atom is -0.354 e. The molecule has 0 unspecified atom stereocenters. The molecule has 1 heterocycles. The molecule has 7 heteroatoms. The fourth-order valence-electron chi connectivity index (χ4n) is 2.49. The van der Waals surface area contributed by atoms with Crippen LogP contribution >= 0.6 is 0 Å². The largest absolute Gasteiger partial charge is 0.354 e. The summed E-state index contributed by atoms with van der Waals surface area (Å²) in [7, 11) is 0. The predicted octanol–water partition coefficient (Wildman–Crippen LogP) is 1.97. The summed E-state index contributed by atoms with van der Waals surface area (Å²) in [6, 6.07) is 9.93. The Morgan fingerprint density at radius 1 is 1.08 bits per heavy atom. The Kier molecular flexibility index (Phi) is 4.41. The van der Waals surface area contributed by atoms with E-state index in [1.54, 1.807) is 12.1 Å². The van der Waals surface area contributed by atoms with Crippen LogP contribution in [0.1, 0.15) is 5.56 Å². The maximum atomic E-state index is 13.2. The number of nitrogens with zero attached hydrogens (tertiary/aromatic N) is 1. The molecule has 1 amide bonds. The van der Waals surface area contributed by atoms with Crippen LogP contribution in [0, 0.1) is 11.6 Å². The minimum absolute atomic E-state index is 0.159. The van der Waals surface area contributed by atoms with Gasteiger partial charge >= 0.3 is 5.69 Å². The van der Waals surface area contributed by atoms with Crippen LogP contribution < -0.4 is 11.0 Å². The van der Waals surface area contributed by atoms with E-state index in [-0.39, 0.29) is 18.3 Å². The molecule has 0 saturated heterocycles. The first-order valence-corrected chi connectivity index (χ1v) is 7.42. The van der Waals surface area contributed by atoms with Crippen molar-refractivity contribution >= 4 is 16.9 Å². The van der Waals surface area contributed by atoms with Crippen LogP contribution in [0.5, 0.6) is 0 Å². The van der Waals surface area contributed by atoms with E-state index in [9.17, 15) is 18.4 Å². The van der Waals surface area contributed by atoms with Gasteiger partial charge in [0.25, 0.3) is 0 Å². The van der Waals surface area contributed by atoms with Crippen LogP contribution in [-0.2, 0) is 17.8 Å². The zero-order valence-electron chi connectivity index (χ0n) is 12.7. The van der Waals surface area contributed by atoms with Crippen molar-refractivity contribution in [3.05, 3.63) is 70.1 Å². The normalized spacial score (nSPS) is 10.9. The maximum absolute atomic E-state index is 13.2. The van der Waals surface area contributed by atoms with Gasteiger partial charge < -0.3 is 10.3 Å². The second-order valence-corrected chi connectivity index (χ2v) is 5.40. The number of carbonyl (C=O) groups excluding carboxylic acids is 1. The lowest BCUT2D eigenvalue weighted by Crippen LogP contribution is -2.32. The third-order valence-corrected chi connectivity index (χ3v) is 3.69. The van der Waals surface area contributed by atoms with Crippen molar-refractivity contribution in [1.82, 2.24) is 14.9 Å². The maximum Gasteiger partial charge on any atom is 0.326 e. The molecular weight excluding hydrogens is 316 g/mol. The molecule has 0 atom stereocenters. The molecule has 0 spiro atoms. The fraction of sp³-hybridized carbons (Fsp3) is 0.176. The van der Waals surface area contributed by atoms with Crippen LogP contribution in [0.4, 0.5) is 8.78 Å². The first-order valence-electron chi connectivity index (χ1n) is 7.42. The number of carbonyl (C=O) groups is 1. The molecule has 1 aromatic heterocycles. The predicted molar refractivity (Wildman–Crippen MR) is 85.6 cm³/mol. The lowest BCUT2D eigenvalue weighted by molar-refractivity contribution is -0.121. The van der Waals surface area contributed by atoms with E-state index in [1.807, 2.05) is 0 Å². The number of nitrogens with one attached hydrogen (secondary N) is 2. The smallest absolute Gasteiger partial charge is 0.326 e. The molecule has 0 aliphatic rings. The number of aromatic amines is 1. The van der Waals surface area contributed by atoms with Gasteiger partial charge in [0.05, 0.1) is 11.0 Å². The summed E-state index contributed by atoms with van der Waals surface area (Å²) in [6.07, 6.45) is 0.556. The fourth-order valence-corrected chi connectivity index (χ4v) is 2.49. The van der Waals surface area contributed by atoms with E-state index in [0.717, 1.165) is 5.56 Å². The van der Waals surface area contributed by atoms with Crippen LogP contribution in [0.25, 0.3) is 11.0 Å². The van der Waals surface area contributed by atoms with Gasteiger partial charge in [-0.05, 0) is 42.3 Å². The number of hydrogen-bond donors (Lipinski definition) is 2. The molecule has 2 aromatic carbocycles. The molecule has 0 fully saturated rings. The van der Waals surface area contributed by atoms with E-state index >= 15 is 0 Å². The summed E-state index contributed by atoms with van der Waals surface area (Å²) in [4.78, 5) is 26.4. The Bertz CT molecular complexity index is 929. The van der Waals surface area contributed by atoms with Crippen molar-refractivity contribution in [3.63, 3.8) is 0 Å².